The molecule has 2 saturated heterocycles. The molecular weight excluding hydrogens is 424 g/mol. The van der Waals surface area contributed by atoms with Crippen LogP contribution in [0.1, 0.15) is 52.4 Å². The van der Waals surface area contributed by atoms with E-state index in [9.17, 15) is 14.7 Å². The maximum Gasteiger partial charge on any atom is 0.338 e. The lowest BCUT2D eigenvalue weighted by atomic mass is 9.77. The number of ether oxygens (including phenoxy) is 2. The van der Waals surface area contributed by atoms with E-state index in [-0.39, 0.29) is 29.9 Å². The molecule has 3 aliphatic rings. The number of rotatable bonds is 5. The summed E-state index contributed by atoms with van der Waals surface area (Å²) in [4.78, 5) is 37.3. The molecule has 1 N–H and O–H groups in total. The van der Waals surface area contributed by atoms with Crippen molar-refractivity contribution < 1.29 is 24.2 Å². The molecule has 2 fully saturated rings. The summed E-state index contributed by atoms with van der Waals surface area (Å²) in [6, 6.07) is 3.85. The van der Waals surface area contributed by atoms with E-state index in [0.717, 1.165) is 49.0 Å². The lowest BCUT2D eigenvalue weighted by Gasteiger charge is -2.38. The number of nitrogens with zero attached hydrogens (tertiary/aromatic N) is 4. The fraction of sp³-hybridized carbons (Fsp3) is 0.500. The molecule has 2 aromatic rings. The molecule has 9 heteroatoms. The first-order valence-corrected chi connectivity index (χ1v) is 11.3. The van der Waals surface area contributed by atoms with E-state index in [0.29, 0.717) is 24.3 Å². The second kappa shape index (κ2) is 8.39. The Labute approximate surface area is 192 Å². The molecule has 33 heavy (non-hydrogen) atoms. The average molecular weight is 453 g/mol. The predicted octanol–water partition coefficient (Wildman–Crippen LogP) is 2.02. The van der Waals surface area contributed by atoms with Gasteiger partial charge >= 0.3 is 12.0 Å². The van der Waals surface area contributed by atoms with Crippen LogP contribution in [0.3, 0.4) is 0 Å². The molecule has 1 aromatic heterocycles. The van der Waals surface area contributed by atoms with Crippen LogP contribution in [-0.4, -0.2) is 65.1 Å². The van der Waals surface area contributed by atoms with Crippen LogP contribution < -0.4 is 9.64 Å². The van der Waals surface area contributed by atoms with Gasteiger partial charge in [0.15, 0.2) is 0 Å². The Kier molecular flexibility index (Phi) is 5.54. The van der Waals surface area contributed by atoms with Crippen LogP contribution in [0.15, 0.2) is 24.5 Å². The van der Waals surface area contributed by atoms with Gasteiger partial charge in [0.2, 0.25) is 5.91 Å². The summed E-state index contributed by atoms with van der Waals surface area (Å²) >= 11 is 0. The van der Waals surface area contributed by atoms with Crippen LogP contribution in [-0.2, 0) is 16.1 Å². The summed E-state index contributed by atoms with van der Waals surface area (Å²) in [5.74, 6) is -0.164. The minimum atomic E-state index is -0.660. The van der Waals surface area contributed by atoms with Gasteiger partial charge in [-0.05, 0) is 56.5 Å². The topological polar surface area (TPSA) is 105 Å². The summed E-state index contributed by atoms with van der Waals surface area (Å²) in [6.45, 7) is 4.85. The van der Waals surface area contributed by atoms with Crippen molar-refractivity contribution in [3.8, 4) is 6.01 Å². The van der Waals surface area contributed by atoms with E-state index in [1.807, 2.05) is 13.0 Å². The van der Waals surface area contributed by atoms with Crippen LogP contribution in [0, 0.1) is 12.3 Å². The fourth-order valence-electron chi connectivity index (χ4n) is 5.32. The summed E-state index contributed by atoms with van der Waals surface area (Å²) in [5, 5.41) is 10.9. The van der Waals surface area contributed by atoms with Crippen LogP contribution in [0.2, 0.25) is 0 Å². The molecule has 0 bridgehead atoms. The molecule has 5 rings (SSSR count). The summed E-state index contributed by atoms with van der Waals surface area (Å²) in [6.07, 6.45) is 4.94. The molecule has 1 amide bonds. The number of likely N-dealkylation sites (tertiary alicyclic amines) is 1. The number of piperidine rings is 1. The molecule has 0 aliphatic carbocycles. The molecule has 0 saturated carbocycles. The number of aliphatic hydroxyl groups is 1. The summed E-state index contributed by atoms with van der Waals surface area (Å²) < 4.78 is 10.1. The van der Waals surface area contributed by atoms with E-state index >= 15 is 0 Å². The van der Waals surface area contributed by atoms with Gasteiger partial charge in [0.25, 0.3) is 0 Å². The highest BCUT2D eigenvalue weighted by Gasteiger charge is 2.48. The number of carbonyl (C=O) groups is 2. The number of benzene rings is 1. The van der Waals surface area contributed by atoms with Crippen molar-refractivity contribution in [2.24, 2.45) is 5.41 Å². The zero-order chi connectivity index (χ0) is 23.2. The maximum absolute atomic E-state index is 13.3. The van der Waals surface area contributed by atoms with Gasteiger partial charge in [0.1, 0.15) is 6.61 Å². The van der Waals surface area contributed by atoms with Gasteiger partial charge in [0.05, 0.1) is 42.3 Å². The number of cyclic esters (lactones) is 1. The first kappa shape index (κ1) is 21.8. The number of aromatic nitrogens is 2. The fourth-order valence-corrected chi connectivity index (χ4v) is 5.32. The summed E-state index contributed by atoms with van der Waals surface area (Å²) in [7, 11) is 1.51. The van der Waals surface area contributed by atoms with Crippen molar-refractivity contribution in [1.82, 2.24) is 14.9 Å². The number of hydrogen-bond donors (Lipinski definition) is 1. The van der Waals surface area contributed by atoms with Crippen molar-refractivity contribution in [2.75, 3.05) is 38.2 Å². The Hall–Kier alpha value is -3.04. The van der Waals surface area contributed by atoms with Crippen molar-refractivity contribution >= 4 is 17.6 Å². The highest BCUT2D eigenvalue weighted by molar-refractivity contribution is 5.99. The van der Waals surface area contributed by atoms with Gasteiger partial charge < -0.3 is 24.4 Å². The van der Waals surface area contributed by atoms with Gasteiger partial charge in [-0.25, -0.2) is 14.8 Å². The number of aliphatic hydroxyl groups excluding tert-OH is 1. The molecule has 3 aliphatic heterocycles. The van der Waals surface area contributed by atoms with E-state index in [1.54, 1.807) is 23.4 Å². The van der Waals surface area contributed by atoms with Crippen LogP contribution >= 0.6 is 0 Å². The number of methoxy groups -OCH3 is 1. The molecule has 9 nitrogen and oxygen atoms in total. The number of amides is 1. The number of anilines is 1. The third-order valence-corrected chi connectivity index (χ3v) is 7.43. The second-order valence-corrected chi connectivity index (χ2v) is 9.11. The lowest BCUT2D eigenvalue weighted by Crippen LogP contribution is -2.45. The lowest BCUT2D eigenvalue weighted by molar-refractivity contribution is -0.128. The first-order chi connectivity index (χ1) is 15.9. The monoisotopic (exact) mass is 452 g/mol. The largest absolute Gasteiger partial charge is 0.467 e. The van der Waals surface area contributed by atoms with Crippen molar-refractivity contribution in [3.63, 3.8) is 0 Å². The molecular formula is C24H28N4O5. The third kappa shape index (κ3) is 3.75. The molecule has 1 aromatic carbocycles. The molecule has 1 atom stereocenters. The van der Waals surface area contributed by atoms with Crippen molar-refractivity contribution in [2.45, 2.75) is 38.9 Å². The highest BCUT2D eigenvalue weighted by atomic mass is 16.5. The van der Waals surface area contributed by atoms with Gasteiger partial charge in [-0.1, -0.05) is 6.07 Å². The number of esters is 1. The van der Waals surface area contributed by atoms with E-state index in [4.69, 9.17) is 9.47 Å². The number of β-amino-alcohol motifs (C(OH)–C–C–N with tert-alkyl or cyclic N) is 1. The van der Waals surface area contributed by atoms with Crippen molar-refractivity contribution in [3.05, 3.63) is 46.8 Å². The SMILES string of the molecule is COc1ncc(N2CCC3(CCN(CC(O)c4ccc5c(c4C)COC5=O)CC3)C2=O)cn1. The zero-order valence-corrected chi connectivity index (χ0v) is 18.9. The molecule has 1 unspecified atom stereocenters. The van der Waals surface area contributed by atoms with Gasteiger partial charge in [-0.2, -0.15) is 0 Å². The highest BCUT2D eigenvalue weighted by Crippen LogP contribution is 2.43. The maximum atomic E-state index is 13.3. The Morgan fingerprint density at radius 3 is 2.55 bits per heavy atom. The van der Waals surface area contributed by atoms with Gasteiger partial charge in [-0.15, -0.1) is 0 Å². The standard InChI is InChI=1S/C24H28N4O5/c1-15-17(3-4-18-19(15)14-33-21(18)30)20(29)13-27-8-5-24(6-9-27)7-10-28(22(24)31)16-11-25-23(32-2)26-12-16/h3-4,11-12,20,29H,5-10,13-14H2,1-2H3. The van der Waals surface area contributed by atoms with Gasteiger partial charge in [0, 0.05) is 18.7 Å². The van der Waals surface area contributed by atoms with E-state index < -0.39 is 6.10 Å². The number of fused-ring (bicyclic) bond motifs is 1. The van der Waals surface area contributed by atoms with E-state index in [1.165, 1.54) is 7.11 Å². The van der Waals surface area contributed by atoms with Crippen LogP contribution in [0.4, 0.5) is 5.69 Å². The minimum Gasteiger partial charge on any atom is -0.467 e. The first-order valence-electron chi connectivity index (χ1n) is 11.3. The minimum absolute atomic E-state index is 0.135. The number of carbonyl (C=O) groups excluding carboxylic acids is 2. The zero-order valence-electron chi connectivity index (χ0n) is 18.9. The Morgan fingerprint density at radius 2 is 1.85 bits per heavy atom. The number of hydrogen-bond acceptors (Lipinski definition) is 8. The van der Waals surface area contributed by atoms with Crippen molar-refractivity contribution in [1.29, 1.82) is 0 Å². The molecule has 1 spiro atoms. The Morgan fingerprint density at radius 1 is 1.15 bits per heavy atom. The van der Waals surface area contributed by atoms with E-state index in [2.05, 4.69) is 14.9 Å². The van der Waals surface area contributed by atoms with Crippen LogP contribution in [0.5, 0.6) is 6.01 Å². The molecule has 0 radical (unpaired) electrons. The summed E-state index contributed by atoms with van der Waals surface area (Å²) in [5.41, 5.74) is 3.55. The van der Waals surface area contributed by atoms with Crippen LogP contribution in [0.25, 0.3) is 0 Å². The quantitative estimate of drug-likeness (QED) is 0.687. The molecule has 174 valence electrons. The van der Waals surface area contributed by atoms with Gasteiger partial charge in [-0.3, -0.25) is 4.79 Å². The average Bonchev–Trinajstić information content (AvgIpc) is 3.36. The smallest absolute Gasteiger partial charge is 0.338 e. The predicted molar refractivity (Wildman–Crippen MR) is 119 cm³/mol. The normalized spacial score (nSPS) is 20.8. The Bertz CT molecular complexity index is 1080. The second-order valence-electron chi connectivity index (χ2n) is 9.11. The third-order valence-electron chi connectivity index (χ3n) is 7.43. The molecule has 4 heterocycles. The Balaban J connectivity index is 1.21.